The molecule has 0 aromatic carbocycles. The van der Waals surface area contributed by atoms with E-state index in [-0.39, 0.29) is 17.9 Å². The molecule has 2 aliphatic rings. The quantitative estimate of drug-likeness (QED) is 0.550. The fourth-order valence-electron chi connectivity index (χ4n) is 4.29. The summed E-state index contributed by atoms with van der Waals surface area (Å²) in [5, 5.41) is 15.3. The summed E-state index contributed by atoms with van der Waals surface area (Å²) >= 11 is 0. The minimum Gasteiger partial charge on any atom is -0.461 e. The van der Waals surface area contributed by atoms with Crippen LogP contribution in [0.3, 0.4) is 0 Å². The number of aryl methyl sites for hydroxylation is 3. The standard InChI is InChI=1S/C20H28N6O4/c1-3-14-17-15(11-20(13-21-18(17)27)5-9-29-10-6-20)26(23-14)7-4-8-30-19(28)16-12-22-24-25(16)2/h12H,3-11,13H2,1-2H3,(H,21,27). The molecule has 0 atom stereocenters. The summed E-state index contributed by atoms with van der Waals surface area (Å²) in [5.41, 5.74) is 2.87. The van der Waals surface area contributed by atoms with Crippen LogP contribution in [0.4, 0.5) is 0 Å². The highest BCUT2D eigenvalue weighted by Crippen LogP contribution is 2.37. The Bertz CT molecular complexity index is 928. The summed E-state index contributed by atoms with van der Waals surface area (Å²) in [6, 6.07) is 0. The molecule has 10 heteroatoms. The SMILES string of the molecule is CCc1nn(CCCOC(=O)c2cnnn2C)c2c1C(=O)NCC1(CCOCC1)C2. The van der Waals surface area contributed by atoms with Crippen molar-refractivity contribution in [2.45, 2.75) is 45.6 Å². The molecule has 1 amide bonds. The summed E-state index contributed by atoms with van der Waals surface area (Å²) < 4.78 is 14.2. The molecule has 4 rings (SSSR count). The van der Waals surface area contributed by atoms with Gasteiger partial charge in [-0.15, -0.1) is 5.10 Å². The Morgan fingerprint density at radius 2 is 2.17 bits per heavy atom. The number of carbonyl (C=O) groups is 2. The van der Waals surface area contributed by atoms with Crippen molar-refractivity contribution in [2.75, 3.05) is 26.4 Å². The summed E-state index contributed by atoms with van der Waals surface area (Å²) in [6.45, 7) is 4.96. The van der Waals surface area contributed by atoms with Crippen molar-refractivity contribution in [1.82, 2.24) is 30.1 Å². The summed E-state index contributed by atoms with van der Waals surface area (Å²) in [5.74, 6) is -0.483. The molecule has 0 aliphatic carbocycles. The van der Waals surface area contributed by atoms with Gasteiger partial charge in [0.15, 0.2) is 5.69 Å². The van der Waals surface area contributed by atoms with E-state index < -0.39 is 5.97 Å². The van der Waals surface area contributed by atoms with Gasteiger partial charge in [0, 0.05) is 39.8 Å². The molecule has 0 bridgehead atoms. The Hall–Kier alpha value is -2.75. The minimum absolute atomic E-state index is 0.0148. The molecule has 1 spiro atoms. The van der Waals surface area contributed by atoms with Crippen LogP contribution in [-0.4, -0.2) is 63.0 Å². The molecule has 2 aromatic heterocycles. The topological polar surface area (TPSA) is 113 Å². The number of aromatic nitrogens is 5. The van der Waals surface area contributed by atoms with E-state index in [4.69, 9.17) is 14.6 Å². The molecule has 0 unspecified atom stereocenters. The second-order valence-corrected chi connectivity index (χ2v) is 8.05. The molecule has 1 saturated heterocycles. The van der Waals surface area contributed by atoms with Crippen LogP contribution in [0, 0.1) is 5.41 Å². The number of fused-ring (bicyclic) bond motifs is 1. The number of hydrogen-bond donors (Lipinski definition) is 1. The van der Waals surface area contributed by atoms with Crippen LogP contribution >= 0.6 is 0 Å². The molecule has 4 heterocycles. The zero-order valence-electron chi connectivity index (χ0n) is 17.5. The van der Waals surface area contributed by atoms with Gasteiger partial charge in [0.1, 0.15) is 0 Å². The van der Waals surface area contributed by atoms with Crippen LogP contribution in [0.1, 0.15) is 58.4 Å². The molecule has 1 N–H and O–H groups in total. The third-order valence-corrected chi connectivity index (χ3v) is 6.08. The van der Waals surface area contributed by atoms with Crippen molar-refractivity contribution in [2.24, 2.45) is 12.5 Å². The van der Waals surface area contributed by atoms with E-state index in [9.17, 15) is 9.59 Å². The Morgan fingerprint density at radius 1 is 1.37 bits per heavy atom. The summed E-state index contributed by atoms with van der Waals surface area (Å²) in [7, 11) is 1.64. The first-order valence-electron chi connectivity index (χ1n) is 10.5. The fraction of sp³-hybridized carbons (Fsp3) is 0.650. The predicted molar refractivity (Wildman–Crippen MR) is 106 cm³/mol. The van der Waals surface area contributed by atoms with Gasteiger partial charge in [-0.05, 0) is 31.1 Å². The molecular weight excluding hydrogens is 388 g/mol. The number of amides is 1. The number of rotatable bonds is 6. The average Bonchev–Trinajstić information content (AvgIpc) is 3.29. The monoisotopic (exact) mass is 416 g/mol. The lowest BCUT2D eigenvalue weighted by atomic mass is 9.76. The van der Waals surface area contributed by atoms with Crippen molar-refractivity contribution in [3.05, 3.63) is 28.8 Å². The van der Waals surface area contributed by atoms with E-state index in [1.165, 1.54) is 10.9 Å². The Balaban J connectivity index is 1.47. The molecule has 0 radical (unpaired) electrons. The molecule has 162 valence electrons. The van der Waals surface area contributed by atoms with Crippen molar-refractivity contribution in [3.63, 3.8) is 0 Å². The van der Waals surface area contributed by atoms with Crippen molar-refractivity contribution >= 4 is 11.9 Å². The Labute approximate surface area is 174 Å². The van der Waals surface area contributed by atoms with Crippen molar-refractivity contribution in [1.29, 1.82) is 0 Å². The number of nitrogens with zero attached hydrogens (tertiary/aromatic N) is 5. The smallest absolute Gasteiger partial charge is 0.358 e. The average molecular weight is 416 g/mol. The normalized spacial score (nSPS) is 18.0. The molecule has 30 heavy (non-hydrogen) atoms. The van der Waals surface area contributed by atoms with Gasteiger partial charge in [0.05, 0.1) is 29.8 Å². The third kappa shape index (κ3) is 3.96. The number of esters is 1. The van der Waals surface area contributed by atoms with Crippen LogP contribution in [-0.2, 0) is 35.9 Å². The lowest BCUT2D eigenvalue weighted by Gasteiger charge is -2.36. The largest absolute Gasteiger partial charge is 0.461 e. The molecular formula is C20H28N6O4. The summed E-state index contributed by atoms with van der Waals surface area (Å²) in [6.07, 6.45) is 5.34. The van der Waals surface area contributed by atoms with Crippen LogP contribution in [0.15, 0.2) is 6.20 Å². The molecule has 0 saturated carbocycles. The van der Waals surface area contributed by atoms with E-state index in [1.54, 1.807) is 7.05 Å². The molecule has 1 fully saturated rings. The van der Waals surface area contributed by atoms with Gasteiger partial charge in [-0.2, -0.15) is 5.10 Å². The molecule has 2 aliphatic heterocycles. The predicted octanol–water partition coefficient (Wildman–Crippen LogP) is 0.904. The highest BCUT2D eigenvalue weighted by atomic mass is 16.5. The van der Waals surface area contributed by atoms with Gasteiger partial charge in [0.25, 0.3) is 5.91 Å². The molecule has 10 nitrogen and oxygen atoms in total. The lowest BCUT2D eigenvalue weighted by molar-refractivity contribution is 0.0152. The van der Waals surface area contributed by atoms with Crippen LogP contribution in [0.25, 0.3) is 0 Å². The first-order chi connectivity index (χ1) is 14.5. The van der Waals surface area contributed by atoms with Gasteiger partial charge >= 0.3 is 5.97 Å². The van der Waals surface area contributed by atoms with Crippen LogP contribution in [0.5, 0.6) is 0 Å². The second kappa shape index (κ2) is 8.55. The Kier molecular flexibility index (Phi) is 5.85. The van der Waals surface area contributed by atoms with Gasteiger partial charge in [0.2, 0.25) is 0 Å². The van der Waals surface area contributed by atoms with E-state index in [1.807, 2.05) is 11.6 Å². The fourth-order valence-corrected chi connectivity index (χ4v) is 4.29. The maximum Gasteiger partial charge on any atom is 0.358 e. The maximum absolute atomic E-state index is 12.8. The van der Waals surface area contributed by atoms with Crippen molar-refractivity contribution in [3.8, 4) is 0 Å². The van der Waals surface area contributed by atoms with Gasteiger partial charge in [-0.1, -0.05) is 12.1 Å². The maximum atomic E-state index is 12.8. The number of ether oxygens (including phenoxy) is 2. The number of carbonyl (C=O) groups excluding carboxylic acids is 2. The Morgan fingerprint density at radius 3 is 2.87 bits per heavy atom. The minimum atomic E-state index is -0.448. The first kappa shape index (κ1) is 20.5. The van der Waals surface area contributed by atoms with Crippen LogP contribution < -0.4 is 5.32 Å². The second-order valence-electron chi connectivity index (χ2n) is 8.05. The van der Waals surface area contributed by atoms with E-state index >= 15 is 0 Å². The highest BCUT2D eigenvalue weighted by Gasteiger charge is 2.39. The molecule has 2 aromatic rings. The number of hydrogen-bond acceptors (Lipinski definition) is 7. The van der Waals surface area contributed by atoms with Gasteiger partial charge in [-0.25, -0.2) is 9.48 Å². The van der Waals surface area contributed by atoms with Gasteiger partial charge in [-0.3, -0.25) is 9.48 Å². The summed E-state index contributed by atoms with van der Waals surface area (Å²) in [4.78, 5) is 24.9. The third-order valence-electron chi connectivity index (χ3n) is 6.08. The first-order valence-corrected chi connectivity index (χ1v) is 10.5. The zero-order valence-corrected chi connectivity index (χ0v) is 17.5. The number of nitrogens with one attached hydrogen (secondary N) is 1. The lowest BCUT2D eigenvalue weighted by Crippen LogP contribution is -2.40. The van der Waals surface area contributed by atoms with E-state index in [0.717, 1.165) is 49.4 Å². The zero-order chi connectivity index (χ0) is 21.1. The highest BCUT2D eigenvalue weighted by molar-refractivity contribution is 5.97. The van der Waals surface area contributed by atoms with Crippen LogP contribution in [0.2, 0.25) is 0 Å². The van der Waals surface area contributed by atoms with E-state index in [0.29, 0.717) is 31.6 Å². The van der Waals surface area contributed by atoms with E-state index in [2.05, 4.69) is 15.6 Å². The van der Waals surface area contributed by atoms with Crippen molar-refractivity contribution < 1.29 is 19.1 Å². The van der Waals surface area contributed by atoms with Gasteiger partial charge < -0.3 is 14.8 Å².